The van der Waals surface area contributed by atoms with Crippen LogP contribution < -0.4 is 10.6 Å². The Morgan fingerprint density at radius 2 is 1.85 bits per heavy atom. The molecule has 0 saturated heterocycles. The van der Waals surface area contributed by atoms with Crippen LogP contribution in [-0.4, -0.2) is 31.4 Å². The first-order valence-corrected chi connectivity index (χ1v) is 8.46. The van der Waals surface area contributed by atoms with Gasteiger partial charge in [0.2, 0.25) is 11.8 Å². The third kappa shape index (κ3) is 6.07. The van der Waals surface area contributed by atoms with E-state index in [1.54, 1.807) is 18.2 Å². The first-order valence-electron chi connectivity index (χ1n) is 8.08. The van der Waals surface area contributed by atoms with Crippen LogP contribution in [0.15, 0.2) is 42.5 Å². The van der Waals surface area contributed by atoms with Crippen molar-refractivity contribution in [2.45, 2.75) is 12.8 Å². The summed E-state index contributed by atoms with van der Waals surface area (Å²) in [5, 5.41) is 5.25. The fourth-order valence-electron chi connectivity index (χ4n) is 2.31. The molecule has 0 unspecified atom stereocenters. The number of carbonyl (C=O) groups is 3. The number of amides is 2. The number of esters is 1. The largest absolute Gasteiger partial charge is 0.465 e. The van der Waals surface area contributed by atoms with Gasteiger partial charge in [0.25, 0.3) is 0 Å². The summed E-state index contributed by atoms with van der Waals surface area (Å²) in [6, 6.07) is 10.5. The number of anilines is 1. The van der Waals surface area contributed by atoms with Crippen molar-refractivity contribution in [1.82, 2.24) is 5.32 Å². The number of methoxy groups -OCH3 is 1. The maximum absolute atomic E-state index is 13.5. The van der Waals surface area contributed by atoms with Gasteiger partial charge in [-0.25, -0.2) is 9.18 Å². The van der Waals surface area contributed by atoms with Gasteiger partial charge in [-0.1, -0.05) is 29.8 Å². The molecule has 8 heteroatoms. The Bertz CT molecular complexity index is 857. The number of nitrogens with one attached hydrogen (secondary N) is 2. The number of hydrogen-bond donors (Lipinski definition) is 2. The van der Waals surface area contributed by atoms with Crippen LogP contribution in [0.4, 0.5) is 10.1 Å². The van der Waals surface area contributed by atoms with Crippen LogP contribution in [0.25, 0.3) is 0 Å². The molecule has 6 nitrogen and oxygen atoms in total. The van der Waals surface area contributed by atoms with Gasteiger partial charge in [0.05, 0.1) is 23.4 Å². The predicted octanol–water partition coefficient (Wildman–Crippen LogP) is 2.95. The van der Waals surface area contributed by atoms with E-state index in [0.717, 1.165) is 0 Å². The van der Waals surface area contributed by atoms with E-state index in [2.05, 4.69) is 15.4 Å². The van der Waals surface area contributed by atoms with Crippen molar-refractivity contribution in [3.63, 3.8) is 0 Å². The van der Waals surface area contributed by atoms with E-state index in [9.17, 15) is 18.8 Å². The maximum atomic E-state index is 13.5. The molecule has 0 saturated carbocycles. The number of rotatable bonds is 7. The lowest BCUT2D eigenvalue weighted by molar-refractivity contribution is -0.126. The third-order valence-corrected chi connectivity index (χ3v) is 3.99. The van der Waals surface area contributed by atoms with E-state index in [1.165, 1.54) is 31.4 Å². The lowest BCUT2D eigenvalue weighted by Crippen LogP contribution is -2.29. The van der Waals surface area contributed by atoms with Crippen LogP contribution in [0.3, 0.4) is 0 Å². The monoisotopic (exact) mass is 392 g/mol. The van der Waals surface area contributed by atoms with Gasteiger partial charge >= 0.3 is 5.97 Å². The topological polar surface area (TPSA) is 84.5 Å². The van der Waals surface area contributed by atoms with Gasteiger partial charge < -0.3 is 15.4 Å². The molecular weight excluding hydrogens is 375 g/mol. The van der Waals surface area contributed by atoms with E-state index in [-0.39, 0.29) is 28.6 Å². The number of benzene rings is 2. The second-order valence-electron chi connectivity index (χ2n) is 5.60. The van der Waals surface area contributed by atoms with Gasteiger partial charge in [0.15, 0.2) is 0 Å². The molecule has 0 aliphatic carbocycles. The SMILES string of the molecule is COC(=O)c1ccc(Cl)c(NC(=O)CC(=O)NCCc2ccccc2F)c1. The summed E-state index contributed by atoms with van der Waals surface area (Å²) in [5.41, 5.74) is 0.893. The molecule has 0 spiro atoms. The summed E-state index contributed by atoms with van der Waals surface area (Å²) < 4.78 is 18.1. The van der Waals surface area contributed by atoms with Gasteiger partial charge in [-0.3, -0.25) is 9.59 Å². The average Bonchev–Trinajstić information content (AvgIpc) is 2.64. The quantitative estimate of drug-likeness (QED) is 0.560. The fourth-order valence-corrected chi connectivity index (χ4v) is 2.47. The minimum Gasteiger partial charge on any atom is -0.465 e. The smallest absolute Gasteiger partial charge is 0.337 e. The molecule has 0 radical (unpaired) electrons. The zero-order valence-electron chi connectivity index (χ0n) is 14.6. The molecule has 2 amide bonds. The van der Waals surface area contributed by atoms with Crippen LogP contribution in [-0.2, 0) is 20.7 Å². The van der Waals surface area contributed by atoms with Gasteiger partial charge in [0, 0.05) is 6.54 Å². The van der Waals surface area contributed by atoms with Gasteiger partial charge in [-0.15, -0.1) is 0 Å². The van der Waals surface area contributed by atoms with Crippen LogP contribution in [0.1, 0.15) is 22.3 Å². The Morgan fingerprint density at radius 3 is 2.56 bits per heavy atom. The normalized spacial score (nSPS) is 10.2. The molecule has 0 atom stereocenters. The standard InChI is InChI=1S/C19H18ClFN2O4/c1-27-19(26)13-6-7-14(20)16(10-13)23-18(25)11-17(24)22-9-8-12-4-2-3-5-15(12)21/h2-7,10H,8-9,11H2,1H3,(H,22,24)(H,23,25). The summed E-state index contributed by atoms with van der Waals surface area (Å²) >= 11 is 5.99. The van der Waals surface area contributed by atoms with Crippen molar-refractivity contribution < 1.29 is 23.5 Å². The molecule has 0 aliphatic heterocycles. The van der Waals surface area contributed by atoms with E-state index in [1.807, 2.05) is 0 Å². The molecule has 2 aromatic rings. The van der Waals surface area contributed by atoms with Gasteiger partial charge in [0.1, 0.15) is 12.2 Å². The Balaban J connectivity index is 1.85. The van der Waals surface area contributed by atoms with Gasteiger partial charge in [-0.2, -0.15) is 0 Å². The maximum Gasteiger partial charge on any atom is 0.337 e. The summed E-state index contributed by atoms with van der Waals surface area (Å²) in [7, 11) is 1.24. The molecule has 2 N–H and O–H groups in total. The molecule has 0 aromatic heterocycles. The minimum atomic E-state index is -0.595. The molecule has 0 fully saturated rings. The summed E-state index contributed by atoms with van der Waals surface area (Å²) in [5.74, 6) is -2.02. The fraction of sp³-hybridized carbons (Fsp3) is 0.211. The van der Waals surface area contributed by atoms with Crippen LogP contribution in [0.2, 0.25) is 5.02 Å². The highest BCUT2D eigenvalue weighted by molar-refractivity contribution is 6.34. The van der Waals surface area contributed by atoms with E-state index in [0.29, 0.717) is 12.0 Å². The Labute approximate surface area is 160 Å². The lowest BCUT2D eigenvalue weighted by atomic mass is 10.1. The molecule has 2 aromatic carbocycles. The van der Waals surface area contributed by atoms with Crippen molar-refractivity contribution in [3.05, 3.63) is 64.4 Å². The highest BCUT2D eigenvalue weighted by Crippen LogP contribution is 2.23. The zero-order chi connectivity index (χ0) is 19.8. The number of carbonyl (C=O) groups excluding carboxylic acids is 3. The molecule has 0 heterocycles. The first-order chi connectivity index (χ1) is 12.9. The van der Waals surface area contributed by atoms with Crippen LogP contribution in [0, 0.1) is 5.82 Å². The minimum absolute atomic E-state index is 0.198. The third-order valence-electron chi connectivity index (χ3n) is 3.66. The highest BCUT2D eigenvalue weighted by Gasteiger charge is 2.14. The first kappa shape index (κ1) is 20.4. The van der Waals surface area contributed by atoms with E-state index < -0.39 is 24.2 Å². The second kappa shape index (κ2) is 9.68. The van der Waals surface area contributed by atoms with Crippen LogP contribution >= 0.6 is 11.6 Å². The molecule has 27 heavy (non-hydrogen) atoms. The molecule has 2 rings (SSSR count). The number of hydrogen-bond acceptors (Lipinski definition) is 4. The average molecular weight is 393 g/mol. The summed E-state index contributed by atoms with van der Waals surface area (Å²) in [4.78, 5) is 35.4. The Kier molecular flexibility index (Phi) is 7.31. The van der Waals surface area contributed by atoms with Crippen molar-refractivity contribution in [2.75, 3.05) is 19.0 Å². The Hall–Kier alpha value is -2.93. The number of halogens is 2. The number of ether oxygens (including phenoxy) is 1. The molecule has 0 bridgehead atoms. The molecule has 142 valence electrons. The highest BCUT2D eigenvalue weighted by atomic mass is 35.5. The van der Waals surface area contributed by atoms with Crippen molar-refractivity contribution >= 4 is 35.1 Å². The summed E-state index contributed by atoms with van der Waals surface area (Å²) in [6.45, 7) is 0.200. The van der Waals surface area contributed by atoms with E-state index >= 15 is 0 Å². The van der Waals surface area contributed by atoms with Crippen LogP contribution in [0.5, 0.6) is 0 Å². The zero-order valence-corrected chi connectivity index (χ0v) is 15.3. The predicted molar refractivity (Wildman–Crippen MR) is 99.2 cm³/mol. The second-order valence-corrected chi connectivity index (χ2v) is 6.01. The van der Waals surface area contributed by atoms with Crippen molar-refractivity contribution in [1.29, 1.82) is 0 Å². The lowest BCUT2D eigenvalue weighted by Gasteiger charge is -2.09. The Morgan fingerprint density at radius 1 is 1.11 bits per heavy atom. The molecule has 0 aliphatic rings. The van der Waals surface area contributed by atoms with Gasteiger partial charge in [-0.05, 0) is 36.2 Å². The van der Waals surface area contributed by atoms with Crippen molar-refractivity contribution in [3.8, 4) is 0 Å². The summed E-state index contributed by atoms with van der Waals surface area (Å²) in [6.07, 6.45) is -0.122. The van der Waals surface area contributed by atoms with Crippen molar-refractivity contribution in [2.24, 2.45) is 0 Å². The van der Waals surface area contributed by atoms with E-state index in [4.69, 9.17) is 11.6 Å². The molecular formula is C19H18ClFN2O4.